The van der Waals surface area contributed by atoms with E-state index in [0.29, 0.717) is 22.9 Å². The van der Waals surface area contributed by atoms with Crippen LogP contribution in [0.15, 0.2) is 18.2 Å². The Morgan fingerprint density at radius 1 is 1.48 bits per heavy atom. The van der Waals surface area contributed by atoms with Gasteiger partial charge in [-0.3, -0.25) is 0 Å². The predicted octanol–water partition coefficient (Wildman–Crippen LogP) is 4.44. The summed E-state index contributed by atoms with van der Waals surface area (Å²) < 4.78 is 2.34. The summed E-state index contributed by atoms with van der Waals surface area (Å²) in [7, 11) is 0. The van der Waals surface area contributed by atoms with Gasteiger partial charge < -0.3 is 4.57 Å². The van der Waals surface area contributed by atoms with E-state index in [4.69, 9.17) is 16.6 Å². The van der Waals surface area contributed by atoms with Crippen LogP contribution in [0.1, 0.15) is 50.5 Å². The lowest BCUT2D eigenvalue weighted by molar-refractivity contribution is 0.358. The normalized spacial score (nSPS) is 20.8. The molecule has 3 nitrogen and oxygen atoms in total. The quantitative estimate of drug-likeness (QED) is 0.786. The molecule has 1 heterocycles. The van der Waals surface area contributed by atoms with Crippen molar-refractivity contribution in [1.29, 1.82) is 5.26 Å². The van der Waals surface area contributed by atoms with Crippen LogP contribution in [0.5, 0.6) is 0 Å². The third-order valence-electron chi connectivity index (χ3n) is 4.54. The maximum atomic E-state index is 9.29. The summed E-state index contributed by atoms with van der Waals surface area (Å²) in [6.45, 7) is 4.65. The molecule has 1 aromatic heterocycles. The second-order valence-electron chi connectivity index (χ2n) is 6.68. The number of alkyl halides is 1. The number of hydrogen-bond acceptors (Lipinski definition) is 2. The number of rotatable bonds is 3. The van der Waals surface area contributed by atoms with Crippen LogP contribution in [-0.2, 0) is 6.42 Å². The summed E-state index contributed by atoms with van der Waals surface area (Å²) >= 11 is 5.95. The Morgan fingerprint density at radius 2 is 2.29 bits per heavy atom. The number of aromatic nitrogens is 2. The highest BCUT2D eigenvalue weighted by Crippen LogP contribution is 2.45. The first-order chi connectivity index (χ1) is 10.1. The van der Waals surface area contributed by atoms with Crippen LogP contribution in [0.3, 0.4) is 0 Å². The van der Waals surface area contributed by atoms with Gasteiger partial charge in [0, 0.05) is 18.3 Å². The van der Waals surface area contributed by atoms with Crippen molar-refractivity contribution in [3.05, 3.63) is 29.6 Å². The van der Waals surface area contributed by atoms with E-state index < -0.39 is 0 Å². The van der Waals surface area contributed by atoms with Gasteiger partial charge in [0.05, 0.1) is 11.1 Å². The van der Waals surface area contributed by atoms with E-state index in [2.05, 4.69) is 30.6 Å². The van der Waals surface area contributed by atoms with Crippen LogP contribution in [0.25, 0.3) is 11.0 Å². The van der Waals surface area contributed by atoms with Gasteiger partial charge in [0.2, 0.25) is 0 Å². The van der Waals surface area contributed by atoms with Crippen molar-refractivity contribution in [3.8, 4) is 6.07 Å². The van der Waals surface area contributed by atoms with Gasteiger partial charge in [-0.25, -0.2) is 4.98 Å². The second kappa shape index (κ2) is 5.35. The Morgan fingerprint density at radius 3 is 2.90 bits per heavy atom. The molecule has 0 aliphatic heterocycles. The Bertz CT molecular complexity index is 709. The van der Waals surface area contributed by atoms with Crippen LogP contribution in [-0.4, -0.2) is 15.4 Å². The molecule has 0 bridgehead atoms. The number of nitriles is 1. The van der Waals surface area contributed by atoms with Crippen LogP contribution in [0.2, 0.25) is 0 Å². The molecule has 0 spiro atoms. The molecule has 1 aromatic carbocycles. The lowest BCUT2D eigenvalue weighted by Crippen LogP contribution is -2.12. The number of para-hydroxylation sites is 1. The molecule has 1 atom stereocenters. The lowest BCUT2D eigenvalue weighted by Gasteiger charge is -2.20. The van der Waals surface area contributed by atoms with Crippen molar-refractivity contribution >= 4 is 22.6 Å². The van der Waals surface area contributed by atoms with Crippen molar-refractivity contribution in [1.82, 2.24) is 9.55 Å². The fourth-order valence-corrected chi connectivity index (χ4v) is 3.71. The standard InChI is InChI=1S/C17H20ClN3/c1-17(2)8-6-13(10-17)21-14-5-3-4-12(11-19)16(14)20-15(21)7-9-18/h3-5,13H,6-10H2,1-2H3. The number of halogens is 1. The molecule has 2 aromatic rings. The molecule has 1 fully saturated rings. The van der Waals surface area contributed by atoms with Crippen molar-refractivity contribution in [2.45, 2.75) is 45.6 Å². The summed E-state index contributed by atoms with van der Waals surface area (Å²) in [5.41, 5.74) is 2.94. The predicted molar refractivity (Wildman–Crippen MR) is 85.5 cm³/mol. The zero-order valence-corrected chi connectivity index (χ0v) is 13.3. The molecule has 0 radical (unpaired) electrons. The molecule has 0 N–H and O–H groups in total. The molecular weight excluding hydrogens is 282 g/mol. The fourth-order valence-electron chi connectivity index (χ4n) is 3.54. The average molecular weight is 302 g/mol. The topological polar surface area (TPSA) is 41.6 Å². The van der Waals surface area contributed by atoms with E-state index in [1.165, 1.54) is 12.8 Å². The smallest absolute Gasteiger partial charge is 0.111 e. The van der Waals surface area contributed by atoms with Gasteiger partial charge in [-0.15, -0.1) is 11.6 Å². The minimum absolute atomic E-state index is 0.381. The third-order valence-corrected chi connectivity index (χ3v) is 4.73. The zero-order valence-electron chi connectivity index (χ0n) is 12.6. The molecule has 0 amide bonds. The summed E-state index contributed by atoms with van der Waals surface area (Å²) in [5, 5.41) is 9.29. The average Bonchev–Trinajstić information content (AvgIpc) is 2.98. The molecular formula is C17H20ClN3. The van der Waals surface area contributed by atoms with Gasteiger partial charge in [0.15, 0.2) is 0 Å². The minimum atomic E-state index is 0.381. The van der Waals surface area contributed by atoms with Gasteiger partial charge >= 0.3 is 0 Å². The number of imidazole rings is 1. The van der Waals surface area contributed by atoms with Crippen LogP contribution in [0.4, 0.5) is 0 Å². The Hall–Kier alpha value is -1.53. The maximum Gasteiger partial charge on any atom is 0.111 e. The van der Waals surface area contributed by atoms with Gasteiger partial charge in [-0.2, -0.15) is 5.26 Å². The van der Waals surface area contributed by atoms with Gasteiger partial charge in [-0.05, 0) is 36.8 Å². The van der Waals surface area contributed by atoms with E-state index in [0.717, 1.165) is 29.7 Å². The highest BCUT2D eigenvalue weighted by Gasteiger charge is 2.33. The maximum absolute atomic E-state index is 9.29. The van der Waals surface area contributed by atoms with Crippen LogP contribution < -0.4 is 0 Å². The fraction of sp³-hybridized carbons (Fsp3) is 0.529. The van der Waals surface area contributed by atoms with E-state index in [9.17, 15) is 5.26 Å². The van der Waals surface area contributed by atoms with E-state index >= 15 is 0 Å². The number of fused-ring (bicyclic) bond motifs is 1. The first-order valence-corrected chi connectivity index (χ1v) is 8.05. The molecule has 1 unspecified atom stereocenters. The third kappa shape index (κ3) is 2.53. The van der Waals surface area contributed by atoms with Crippen molar-refractivity contribution in [2.75, 3.05) is 5.88 Å². The Balaban J connectivity index is 2.16. The van der Waals surface area contributed by atoms with Crippen molar-refractivity contribution in [2.24, 2.45) is 5.41 Å². The minimum Gasteiger partial charge on any atom is -0.325 e. The molecule has 3 rings (SSSR count). The molecule has 21 heavy (non-hydrogen) atoms. The number of hydrogen-bond donors (Lipinski definition) is 0. The Kier molecular flexibility index (Phi) is 3.67. The van der Waals surface area contributed by atoms with Crippen LogP contribution >= 0.6 is 11.6 Å². The number of benzene rings is 1. The molecule has 1 saturated carbocycles. The van der Waals surface area contributed by atoms with E-state index in [1.54, 1.807) is 0 Å². The highest BCUT2D eigenvalue weighted by molar-refractivity contribution is 6.17. The highest BCUT2D eigenvalue weighted by atomic mass is 35.5. The van der Waals surface area contributed by atoms with Crippen molar-refractivity contribution < 1.29 is 0 Å². The van der Waals surface area contributed by atoms with Crippen LogP contribution in [0, 0.1) is 16.7 Å². The summed E-state index contributed by atoms with van der Waals surface area (Å²) in [6, 6.07) is 8.58. The molecule has 1 aliphatic rings. The van der Waals surface area contributed by atoms with Gasteiger partial charge in [0.25, 0.3) is 0 Å². The summed E-state index contributed by atoms with van der Waals surface area (Å²) in [6.07, 6.45) is 4.31. The van der Waals surface area contributed by atoms with Crippen molar-refractivity contribution in [3.63, 3.8) is 0 Å². The largest absolute Gasteiger partial charge is 0.325 e. The summed E-state index contributed by atoms with van der Waals surface area (Å²) in [5.74, 6) is 1.58. The molecule has 4 heteroatoms. The summed E-state index contributed by atoms with van der Waals surface area (Å²) in [4.78, 5) is 4.72. The molecule has 0 saturated heterocycles. The van der Waals surface area contributed by atoms with Gasteiger partial charge in [-0.1, -0.05) is 19.9 Å². The monoisotopic (exact) mass is 301 g/mol. The second-order valence-corrected chi connectivity index (χ2v) is 7.06. The van der Waals surface area contributed by atoms with E-state index in [1.807, 2.05) is 12.1 Å². The molecule has 110 valence electrons. The Labute approximate surface area is 130 Å². The van der Waals surface area contributed by atoms with E-state index in [-0.39, 0.29) is 0 Å². The zero-order chi connectivity index (χ0) is 15.0. The van der Waals surface area contributed by atoms with Gasteiger partial charge in [0.1, 0.15) is 17.4 Å². The first-order valence-electron chi connectivity index (χ1n) is 7.51. The number of aryl methyl sites for hydroxylation is 1. The number of nitrogens with zero attached hydrogens (tertiary/aromatic N) is 3. The SMILES string of the molecule is CC1(C)CCC(n2c(CCCl)nc3c(C#N)cccc32)C1. The molecule has 1 aliphatic carbocycles. The lowest BCUT2D eigenvalue weighted by atomic mass is 9.92. The first kappa shape index (κ1) is 14.4.